The molecule has 0 spiro atoms. The molecular weight excluding hydrogens is 202 g/mol. The Bertz CT molecular complexity index is 273. The summed E-state index contributed by atoms with van der Waals surface area (Å²) in [5.74, 6) is -2.84. The Morgan fingerprint density at radius 3 is 2.62 bits per heavy atom. The first-order valence-corrected chi connectivity index (χ1v) is 3.83. The molecule has 0 atom stereocenters. The molecule has 0 fully saturated rings. The van der Waals surface area contributed by atoms with Gasteiger partial charge in [-0.3, -0.25) is 0 Å². The second kappa shape index (κ2) is 3.83. The van der Waals surface area contributed by atoms with E-state index in [-0.39, 0.29) is 11.0 Å². The molecule has 3 nitrogen and oxygen atoms in total. The van der Waals surface area contributed by atoms with Crippen molar-refractivity contribution < 1.29 is 13.5 Å². The van der Waals surface area contributed by atoms with E-state index in [0.29, 0.717) is 0 Å². The maximum Gasteiger partial charge on any atom is 0.278 e. The Labute approximate surface area is 78.7 Å². The van der Waals surface area contributed by atoms with Crippen molar-refractivity contribution in [3.8, 4) is 5.88 Å². The largest absolute Gasteiger partial charge is 0.470 e. The first-order valence-electron chi connectivity index (χ1n) is 3.45. The van der Waals surface area contributed by atoms with Crippen molar-refractivity contribution in [3.63, 3.8) is 0 Å². The van der Waals surface area contributed by atoms with E-state index >= 15 is 0 Å². The van der Waals surface area contributed by atoms with Crippen molar-refractivity contribution in [2.45, 2.75) is 12.8 Å². The minimum Gasteiger partial charge on any atom is -0.470 e. The summed E-state index contributed by atoms with van der Waals surface area (Å²) in [4.78, 5) is 7.24. The lowest BCUT2D eigenvalue weighted by atomic mass is 10.4. The van der Waals surface area contributed by atoms with E-state index in [1.54, 1.807) is 0 Å². The lowest BCUT2D eigenvalue weighted by Crippen LogP contribution is -2.21. The Morgan fingerprint density at radius 2 is 2.15 bits per heavy atom. The first kappa shape index (κ1) is 10.1. The summed E-state index contributed by atoms with van der Waals surface area (Å²) in [5, 5.41) is 0.190. The summed E-state index contributed by atoms with van der Waals surface area (Å²) in [7, 11) is 0. The van der Waals surface area contributed by atoms with Crippen LogP contribution in [-0.2, 0) is 0 Å². The van der Waals surface area contributed by atoms with E-state index in [4.69, 9.17) is 11.6 Å². The van der Waals surface area contributed by atoms with Gasteiger partial charge in [-0.25, -0.2) is 18.7 Å². The summed E-state index contributed by atoms with van der Waals surface area (Å²) >= 11 is 5.42. The van der Waals surface area contributed by atoms with Gasteiger partial charge >= 0.3 is 0 Å². The molecule has 0 aliphatic heterocycles. The van der Waals surface area contributed by atoms with Crippen LogP contribution in [0.1, 0.15) is 6.92 Å². The Balaban J connectivity index is 2.51. The average molecular weight is 209 g/mol. The summed E-state index contributed by atoms with van der Waals surface area (Å²) < 4.78 is 29.2. The van der Waals surface area contributed by atoms with Crippen LogP contribution in [0.3, 0.4) is 0 Å². The number of hydrogen-bond donors (Lipinski definition) is 0. The van der Waals surface area contributed by atoms with Gasteiger partial charge in [-0.05, 0) is 0 Å². The van der Waals surface area contributed by atoms with Crippen molar-refractivity contribution >= 4 is 11.6 Å². The molecule has 0 aliphatic rings. The van der Waals surface area contributed by atoms with Crippen LogP contribution in [0.15, 0.2) is 12.4 Å². The quantitative estimate of drug-likeness (QED) is 0.764. The van der Waals surface area contributed by atoms with E-state index in [2.05, 4.69) is 14.7 Å². The number of aromatic nitrogens is 2. The molecule has 0 unspecified atom stereocenters. The molecule has 0 amide bonds. The predicted molar refractivity (Wildman–Crippen MR) is 43.2 cm³/mol. The maximum atomic E-state index is 12.3. The van der Waals surface area contributed by atoms with Gasteiger partial charge in [0.05, 0.1) is 12.4 Å². The molecule has 1 aromatic heterocycles. The molecule has 6 heteroatoms. The van der Waals surface area contributed by atoms with Gasteiger partial charge in [0, 0.05) is 6.92 Å². The molecule has 72 valence electrons. The number of ether oxygens (including phenoxy) is 1. The van der Waals surface area contributed by atoms with E-state index in [1.807, 2.05) is 0 Å². The number of hydrogen-bond acceptors (Lipinski definition) is 3. The summed E-state index contributed by atoms with van der Waals surface area (Å²) in [5.41, 5.74) is 0. The number of alkyl halides is 2. The number of nitrogens with zero attached hydrogens (tertiary/aromatic N) is 2. The van der Waals surface area contributed by atoms with Gasteiger partial charge in [-0.1, -0.05) is 11.6 Å². The van der Waals surface area contributed by atoms with Crippen LogP contribution >= 0.6 is 11.6 Å². The third kappa shape index (κ3) is 3.98. The minimum atomic E-state index is -2.87. The summed E-state index contributed by atoms with van der Waals surface area (Å²) in [6.45, 7) is 0.0413. The molecular formula is C7H7ClF2N2O. The van der Waals surface area contributed by atoms with Gasteiger partial charge in [0.2, 0.25) is 5.88 Å². The van der Waals surface area contributed by atoms with Crippen molar-refractivity contribution in [1.29, 1.82) is 0 Å². The summed E-state index contributed by atoms with van der Waals surface area (Å²) in [6.07, 6.45) is 2.42. The third-order valence-electron chi connectivity index (χ3n) is 1.07. The smallest absolute Gasteiger partial charge is 0.278 e. The molecule has 0 N–H and O–H groups in total. The van der Waals surface area contributed by atoms with Crippen molar-refractivity contribution in [3.05, 3.63) is 17.5 Å². The monoisotopic (exact) mass is 208 g/mol. The third-order valence-corrected chi connectivity index (χ3v) is 1.27. The zero-order chi connectivity index (χ0) is 9.90. The molecule has 0 aliphatic carbocycles. The molecule has 0 aromatic carbocycles. The van der Waals surface area contributed by atoms with Crippen LogP contribution < -0.4 is 4.74 Å². The van der Waals surface area contributed by atoms with Gasteiger partial charge < -0.3 is 4.74 Å². The Morgan fingerprint density at radius 1 is 1.46 bits per heavy atom. The normalized spacial score (nSPS) is 11.4. The van der Waals surface area contributed by atoms with Crippen molar-refractivity contribution in [1.82, 2.24) is 9.97 Å². The van der Waals surface area contributed by atoms with Crippen LogP contribution in [0.2, 0.25) is 5.15 Å². The maximum absolute atomic E-state index is 12.3. The standard InChI is InChI=1S/C7H7ClF2N2O/c1-7(9,10)4-13-6-3-11-5(8)2-12-6/h2-3H,4H2,1H3. The number of halogens is 3. The topological polar surface area (TPSA) is 35.0 Å². The Kier molecular flexibility index (Phi) is 2.98. The Hall–Kier alpha value is -0.970. The highest BCUT2D eigenvalue weighted by Crippen LogP contribution is 2.14. The van der Waals surface area contributed by atoms with Crippen LogP contribution in [0.5, 0.6) is 5.88 Å². The molecule has 0 saturated heterocycles. The molecule has 1 heterocycles. The van der Waals surface area contributed by atoms with Gasteiger partial charge in [-0.2, -0.15) is 0 Å². The van der Waals surface area contributed by atoms with Gasteiger partial charge in [0.15, 0.2) is 6.61 Å². The highest BCUT2D eigenvalue weighted by molar-refractivity contribution is 6.29. The van der Waals surface area contributed by atoms with E-state index in [1.165, 1.54) is 12.4 Å². The fourth-order valence-electron chi connectivity index (χ4n) is 0.576. The molecule has 0 radical (unpaired) electrons. The summed E-state index contributed by atoms with van der Waals surface area (Å²) in [6, 6.07) is 0. The van der Waals surface area contributed by atoms with E-state index < -0.39 is 12.5 Å². The van der Waals surface area contributed by atoms with Crippen LogP contribution in [0.4, 0.5) is 8.78 Å². The fraction of sp³-hybridized carbons (Fsp3) is 0.429. The molecule has 1 rings (SSSR count). The SMILES string of the molecule is CC(F)(F)COc1cnc(Cl)cn1. The molecule has 13 heavy (non-hydrogen) atoms. The molecule has 0 bridgehead atoms. The van der Waals surface area contributed by atoms with E-state index in [9.17, 15) is 8.78 Å². The zero-order valence-corrected chi connectivity index (χ0v) is 7.55. The van der Waals surface area contributed by atoms with Crippen molar-refractivity contribution in [2.24, 2.45) is 0 Å². The van der Waals surface area contributed by atoms with Gasteiger partial charge in [-0.15, -0.1) is 0 Å². The van der Waals surface area contributed by atoms with Crippen LogP contribution in [0.25, 0.3) is 0 Å². The first-order chi connectivity index (χ1) is 5.97. The van der Waals surface area contributed by atoms with Gasteiger partial charge in [0.1, 0.15) is 5.15 Å². The van der Waals surface area contributed by atoms with Crippen LogP contribution in [-0.4, -0.2) is 22.5 Å². The average Bonchev–Trinajstić information content (AvgIpc) is 2.02. The highest BCUT2D eigenvalue weighted by atomic mass is 35.5. The highest BCUT2D eigenvalue weighted by Gasteiger charge is 2.22. The van der Waals surface area contributed by atoms with Gasteiger partial charge in [0.25, 0.3) is 5.92 Å². The fourth-order valence-corrected chi connectivity index (χ4v) is 0.673. The second-order valence-corrected chi connectivity index (χ2v) is 2.92. The predicted octanol–water partition coefficient (Wildman–Crippen LogP) is 2.16. The molecule has 1 aromatic rings. The lowest BCUT2D eigenvalue weighted by molar-refractivity contribution is -0.0243. The second-order valence-electron chi connectivity index (χ2n) is 2.54. The lowest BCUT2D eigenvalue weighted by Gasteiger charge is -2.10. The van der Waals surface area contributed by atoms with Crippen molar-refractivity contribution in [2.75, 3.05) is 6.61 Å². The zero-order valence-electron chi connectivity index (χ0n) is 6.80. The van der Waals surface area contributed by atoms with E-state index in [0.717, 1.165) is 6.92 Å². The number of rotatable bonds is 3. The molecule has 0 saturated carbocycles. The minimum absolute atomic E-state index is 0.0333. The van der Waals surface area contributed by atoms with Crippen LogP contribution in [0, 0.1) is 0 Å².